The molecule has 3 heterocycles. The Hall–Kier alpha value is -3.15. The molecule has 1 amide bonds. The van der Waals surface area contributed by atoms with Crippen LogP contribution in [0.3, 0.4) is 0 Å². The maximum absolute atomic E-state index is 13.2. The van der Waals surface area contributed by atoms with Crippen LogP contribution in [0.25, 0.3) is 10.2 Å². The summed E-state index contributed by atoms with van der Waals surface area (Å²) < 4.78 is 6.07. The molecule has 0 unspecified atom stereocenters. The zero-order valence-corrected chi connectivity index (χ0v) is 23.5. The van der Waals surface area contributed by atoms with E-state index in [0.717, 1.165) is 47.8 Å². The van der Waals surface area contributed by atoms with Crippen LogP contribution in [0, 0.1) is 6.92 Å². The number of benzene rings is 2. The lowest BCUT2D eigenvalue weighted by atomic mass is 10.2. The average Bonchev–Trinajstić information content (AvgIpc) is 3.36. The third kappa shape index (κ3) is 5.50. The molecule has 5 rings (SSSR count). The van der Waals surface area contributed by atoms with Crippen molar-refractivity contribution in [2.75, 3.05) is 56.4 Å². The molecule has 0 saturated carbocycles. The number of hydrazine groups is 1. The summed E-state index contributed by atoms with van der Waals surface area (Å²) in [6.07, 6.45) is 1.44. The van der Waals surface area contributed by atoms with Crippen LogP contribution in [0.5, 0.6) is 5.75 Å². The van der Waals surface area contributed by atoms with Crippen LogP contribution in [0.4, 0.5) is 22.9 Å². The molecular weight excluding hydrogens is 545 g/mol. The summed E-state index contributed by atoms with van der Waals surface area (Å²) in [7, 11) is 3.65. The SMILES string of the molecule is COc1cc(C)c(Cl)c(NC(=O)c2csc3c(Nc4ccc(NN5CCN(C)CC5)cc4)ncnc23)c1Cl. The van der Waals surface area contributed by atoms with Gasteiger partial charge in [0.2, 0.25) is 0 Å². The van der Waals surface area contributed by atoms with Gasteiger partial charge in [0.15, 0.2) is 5.82 Å². The van der Waals surface area contributed by atoms with Gasteiger partial charge in [0.1, 0.15) is 17.1 Å². The summed E-state index contributed by atoms with van der Waals surface area (Å²) in [5, 5.41) is 10.7. The Morgan fingerprint density at radius 2 is 1.76 bits per heavy atom. The molecular formula is C26H27Cl2N7O2S. The number of halogens is 2. The van der Waals surface area contributed by atoms with Crippen molar-refractivity contribution in [3.05, 3.63) is 63.2 Å². The van der Waals surface area contributed by atoms with Gasteiger partial charge >= 0.3 is 0 Å². The van der Waals surface area contributed by atoms with Crippen LogP contribution in [-0.2, 0) is 0 Å². The number of rotatable bonds is 7. The van der Waals surface area contributed by atoms with Crippen molar-refractivity contribution in [1.82, 2.24) is 19.9 Å². The van der Waals surface area contributed by atoms with Gasteiger partial charge in [-0.25, -0.2) is 15.0 Å². The van der Waals surface area contributed by atoms with E-state index in [1.165, 1.54) is 24.8 Å². The fraction of sp³-hybridized carbons (Fsp3) is 0.269. The van der Waals surface area contributed by atoms with Gasteiger partial charge in [-0.1, -0.05) is 23.2 Å². The quantitative estimate of drug-likeness (QED) is 0.253. The van der Waals surface area contributed by atoms with Crippen LogP contribution in [-0.4, -0.2) is 66.1 Å². The van der Waals surface area contributed by atoms with Crippen molar-refractivity contribution in [2.24, 2.45) is 0 Å². The molecule has 0 spiro atoms. The Balaban J connectivity index is 1.33. The Kier molecular flexibility index (Phi) is 7.87. The standard InChI is InChI=1S/C26H27Cl2N7O2S/c1-15-12-19(37-3)21(28)23(20(15)27)32-26(36)18-13-38-24-22(18)29-14-30-25(24)31-16-4-6-17(7-5-16)33-35-10-8-34(2)9-11-35/h4-7,12-14,33H,8-11H2,1-3H3,(H,32,36)(H,29,30,31). The van der Waals surface area contributed by atoms with Gasteiger partial charge in [-0.05, 0) is 49.9 Å². The van der Waals surface area contributed by atoms with E-state index in [-0.39, 0.29) is 10.9 Å². The van der Waals surface area contributed by atoms with Gasteiger partial charge in [-0.2, -0.15) is 0 Å². The van der Waals surface area contributed by atoms with Crippen molar-refractivity contribution in [1.29, 1.82) is 0 Å². The zero-order chi connectivity index (χ0) is 26.8. The fourth-order valence-corrected chi connectivity index (χ4v) is 5.61. The number of hydrogen-bond donors (Lipinski definition) is 3. The number of thiophene rings is 1. The second kappa shape index (κ2) is 11.3. The number of likely N-dealkylation sites (N-methyl/N-ethyl adjacent to an activating group) is 1. The van der Waals surface area contributed by atoms with Crippen LogP contribution >= 0.6 is 34.5 Å². The molecule has 1 aliphatic rings. The van der Waals surface area contributed by atoms with Gasteiger partial charge < -0.3 is 25.7 Å². The molecule has 9 nitrogen and oxygen atoms in total. The highest BCUT2D eigenvalue weighted by Crippen LogP contribution is 2.41. The predicted molar refractivity (Wildman–Crippen MR) is 156 cm³/mol. The highest BCUT2D eigenvalue weighted by Gasteiger charge is 2.21. The minimum atomic E-state index is -0.378. The lowest BCUT2D eigenvalue weighted by Crippen LogP contribution is -2.46. The van der Waals surface area contributed by atoms with E-state index < -0.39 is 0 Å². The Bertz CT molecular complexity index is 1470. The molecule has 198 valence electrons. The first-order valence-corrected chi connectivity index (χ1v) is 13.6. The van der Waals surface area contributed by atoms with Gasteiger partial charge in [-0.3, -0.25) is 4.79 Å². The summed E-state index contributed by atoms with van der Waals surface area (Å²) in [6, 6.07) is 9.75. The first-order valence-electron chi connectivity index (χ1n) is 12.0. The molecule has 1 aliphatic heterocycles. The Labute approximate surface area is 234 Å². The van der Waals surface area contributed by atoms with Gasteiger partial charge in [0.25, 0.3) is 5.91 Å². The monoisotopic (exact) mass is 571 g/mol. The summed E-state index contributed by atoms with van der Waals surface area (Å²) in [5.41, 5.74) is 7.32. The molecule has 4 aromatic rings. The minimum absolute atomic E-state index is 0.235. The number of nitrogens with zero attached hydrogens (tertiary/aromatic N) is 4. The van der Waals surface area contributed by atoms with Gasteiger partial charge in [-0.15, -0.1) is 11.3 Å². The molecule has 0 atom stereocenters. The number of aromatic nitrogens is 2. The number of anilines is 4. The smallest absolute Gasteiger partial charge is 0.258 e. The molecule has 2 aromatic heterocycles. The Morgan fingerprint density at radius 1 is 1.05 bits per heavy atom. The molecule has 0 aliphatic carbocycles. The normalized spacial score (nSPS) is 14.4. The van der Waals surface area contributed by atoms with Crippen LogP contribution in [0.2, 0.25) is 10.0 Å². The number of hydrogen-bond acceptors (Lipinski definition) is 9. The summed E-state index contributed by atoms with van der Waals surface area (Å²) in [5.74, 6) is 0.668. The number of carbonyl (C=O) groups is 1. The van der Waals surface area contributed by atoms with Gasteiger partial charge in [0.05, 0.1) is 33.6 Å². The minimum Gasteiger partial charge on any atom is -0.495 e. The van der Waals surface area contributed by atoms with E-state index in [1.54, 1.807) is 11.4 Å². The van der Waals surface area contributed by atoms with E-state index in [0.29, 0.717) is 33.4 Å². The number of ether oxygens (including phenoxy) is 1. The van der Waals surface area contributed by atoms with Crippen LogP contribution in [0.15, 0.2) is 42.0 Å². The first kappa shape index (κ1) is 26.5. The molecule has 1 saturated heterocycles. The highest BCUT2D eigenvalue weighted by atomic mass is 35.5. The molecule has 0 radical (unpaired) electrons. The lowest BCUT2D eigenvalue weighted by Gasteiger charge is -2.33. The number of methoxy groups -OCH3 is 1. The molecule has 1 fully saturated rings. The zero-order valence-electron chi connectivity index (χ0n) is 21.1. The largest absolute Gasteiger partial charge is 0.495 e. The van der Waals surface area contributed by atoms with Crippen molar-refractivity contribution < 1.29 is 9.53 Å². The molecule has 3 N–H and O–H groups in total. The third-order valence-corrected chi connectivity index (χ3v) is 8.18. The first-order chi connectivity index (χ1) is 18.3. The van der Waals surface area contributed by atoms with E-state index >= 15 is 0 Å². The molecule has 0 bridgehead atoms. The van der Waals surface area contributed by atoms with E-state index in [4.69, 9.17) is 27.9 Å². The number of nitrogens with one attached hydrogen (secondary N) is 3. The third-order valence-electron chi connectivity index (χ3n) is 6.34. The summed E-state index contributed by atoms with van der Waals surface area (Å²) >= 11 is 14.3. The van der Waals surface area contributed by atoms with E-state index in [1.807, 2.05) is 31.2 Å². The maximum Gasteiger partial charge on any atom is 0.258 e. The highest BCUT2D eigenvalue weighted by molar-refractivity contribution is 7.18. The molecule has 2 aromatic carbocycles. The lowest BCUT2D eigenvalue weighted by molar-refractivity contribution is 0.102. The fourth-order valence-electron chi connectivity index (χ4n) is 4.15. The van der Waals surface area contributed by atoms with Crippen molar-refractivity contribution in [2.45, 2.75) is 6.92 Å². The summed E-state index contributed by atoms with van der Waals surface area (Å²) in [4.78, 5) is 24.3. The van der Waals surface area contributed by atoms with Crippen molar-refractivity contribution in [3.8, 4) is 5.75 Å². The number of piperazine rings is 1. The average molecular weight is 573 g/mol. The Morgan fingerprint density at radius 3 is 2.47 bits per heavy atom. The topological polar surface area (TPSA) is 94.6 Å². The van der Waals surface area contributed by atoms with Gasteiger partial charge in [0, 0.05) is 42.9 Å². The number of amides is 1. The van der Waals surface area contributed by atoms with Crippen LogP contribution < -0.4 is 20.8 Å². The number of fused-ring (bicyclic) bond motifs is 1. The number of carbonyl (C=O) groups excluding carboxylic acids is 1. The second-order valence-electron chi connectivity index (χ2n) is 9.01. The number of aryl methyl sites for hydroxylation is 1. The molecule has 38 heavy (non-hydrogen) atoms. The second-order valence-corrected chi connectivity index (χ2v) is 10.6. The van der Waals surface area contributed by atoms with Crippen molar-refractivity contribution >= 4 is 73.5 Å². The molecule has 12 heteroatoms. The maximum atomic E-state index is 13.2. The summed E-state index contributed by atoms with van der Waals surface area (Å²) in [6.45, 7) is 5.84. The van der Waals surface area contributed by atoms with Crippen LogP contribution in [0.1, 0.15) is 15.9 Å². The van der Waals surface area contributed by atoms with Crippen molar-refractivity contribution in [3.63, 3.8) is 0 Å². The predicted octanol–water partition coefficient (Wildman–Crippen LogP) is 5.89. The van der Waals surface area contributed by atoms with E-state index in [2.05, 4.69) is 43.0 Å². The van der Waals surface area contributed by atoms with E-state index in [9.17, 15) is 4.79 Å².